The Hall–Kier alpha value is -0.360. The lowest BCUT2D eigenvalue weighted by Crippen LogP contribution is -1.83. The van der Waals surface area contributed by atoms with Gasteiger partial charge in [-0.15, -0.1) is 9.79 Å². The zero-order valence-corrected chi connectivity index (χ0v) is 11.8. The molecule has 0 aliphatic heterocycles. The van der Waals surface area contributed by atoms with Crippen molar-refractivity contribution in [1.82, 2.24) is 0 Å². The number of hydrogen-bond acceptors (Lipinski definition) is 5. The monoisotopic (exact) mass is 336 g/mol. The average molecular weight is 337 g/mol. The van der Waals surface area contributed by atoms with Crippen molar-refractivity contribution < 1.29 is 33.4 Å². The van der Waals surface area contributed by atoms with Gasteiger partial charge in [-0.1, -0.05) is 23.2 Å². The Morgan fingerprint density at radius 1 is 1.11 bits per heavy atom. The van der Waals surface area contributed by atoms with Crippen LogP contribution in [0, 0.1) is 0 Å². The summed E-state index contributed by atoms with van der Waals surface area (Å²) in [7, 11) is -5.85. The number of aliphatic hydroxyl groups excluding tert-OH is 1. The standard InChI is InChI=1S/C7H6Cl2O2.O5P2/c8-5-1-4(3-10)2-6(9)7(5)11;1-6(2)5-7(3)4/h1-2,10-11H,3H2;/p+2. The van der Waals surface area contributed by atoms with Crippen LogP contribution in [-0.2, 0) is 20.0 Å². The van der Waals surface area contributed by atoms with Crippen LogP contribution in [0.4, 0.5) is 0 Å². The Labute approximate surface area is 113 Å². The Bertz CT molecular complexity index is 418. The smallest absolute Gasteiger partial charge is 0.505 e. The molecule has 100 valence electrons. The van der Waals surface area contributed by atoms with Crippen LogP contribution in [0.3, 0.4) is 0 Å². The van der Waals surface area contributed by atoms with E-state index in [-0.39, 0.29) is 22.4 Å². The van der Waals surface area contributed by atoms with Gasteiger partial charge in [-0.3, -0.25) is 0 Å². The van der Waals surface area contributed by atoms with Crippen molar-refractivity contribution in [1.29, 1.82) is 0 Å². The molecular weight excluding hydrogens is 329 g/mol. The minimum atomic E-state index is -2.92. The number of aliphatic hydroxyl groups is 1. The molecule has 0 saturated heterocycles. The first-order valence-corrected chi connectivity index (χ1v) is 7.07. The number of hydrogen-bond donors (Lipinski definition) is 4. The van der Waals surface area contributed by atoms with Gasteiger partial charge in [-0.2, -0.15) is 0 Å². The van der Waals surface area contributed by atoms with E-state index in [0.29, 0.717) is 5.56 Å². The normalized spacial score (nSPS) is 11.4. The van der Waals surface area contributed by atoms with Crippen LogP contribution in [-0.4, -0.2) is 20.0 Å². The quantitative estimate of drug-likeness (QED) is 0.625. The second-order valence-electron chi connectivity index (χ2n) is 2.62. The predicted octanol–water partition coefficient (Wildman–Crippen LogP) is 2.49. The van der Waals surface area contributed by atoms with E-state index < -0.39 is 16.5 Å². The molecule has 0 saturated carbocycles. The maximum Gasteiger partial charge on any atom is 0.745 e. The molecule has 1 aromatic rings. The minimum Gasteiger partial charge on any atom is -0.505 e. The van der Waals surface area contributed by atoms with Crippen molar-refractivity contribution in [3.8, 4) is 5.75 Å². The molecule has 0 bridgehead atoms. The van der Waals surface area contributed by atoms with Gasteiger partial charge in [-0.05, 0) is 17.7 Å². The number of phenolic OH excluding ortho intramolecular Hbond substituents is 1. The third-order valence-corrected chi connectivity index (χ3v) is 3.09. The van der Waals surface area contributed by atoms with Gasteiger partial charge < -0.3 is 10.2 Å². The molecule has 4 N–H and O–H groups in total. The first kappa shape index (κ1) is 17.6. The summed E-state index contributed by atoms with van der Waals surface area (Å²) in [6.07, 6.45) is 0. The topological polar surface area (TPSA) is 124 Å². The van der Waals surface area contributed by atoms with E-state index in [4.69, 9.17) is 43.2 Å². The summed E-state index contributed by atoms with van der Waals surface area (Å²) >= 11 is 11.1. The van der Waals surface area contributed by atoms with Gasteiger partial charge in [0, 0.05) is 9.13 Å². The molecule has 0 heterocycles. The van der Waals surface area contributed by atoms with Crippen molar-refractivity contribution >= 4 is 39.7 Å². The van der Waals surface area contributed by atoms with E-state index >= 15 is 0 Å². The number of aromatic hydroxyl groups is 1. The van der Waals surface area contributed by atoms with Gasteiger partial charge in [0.25, 0.3) is 0 Å². The molecular formula is C7H8Cl2O7P2+2. The average Bonchev–Trinajstić information content (AvgIpc) is 2.24. The third kappa shape index (κ3) is 7.16. The van der Waals surface area contributed by atoms with Crippen molar-refractivity contribution in [2.75, 3.05) is 0 Å². The first-order valence-electron chi connectivity index (χ1n) is 4.06. The van der Waals surface area contributed by atoms with E-state index in [9.17, 15) is 9.13 Å². The summed E-state index contributed by atoms with van der Waals surface area (Å²) in [5.41, 5.74) is 0.581. The van der Waals surface area contributed by atoms with Crippen LogP contribution >= 0.6 is 39.7 Å². The number of phenols is 1. The molecule has 0 aromatic heterocycles. The summed E-state index contributed by atoms with van der Waals surface area (Å²) in [4.78, 5) is 15.3. The van der Waals surface area contributed by atoms with Crippen LogP contribution in [0.25, 0.3) is 0 Å². The molecule has 7 nitrogen and oxygen atoms in total. The zero-order valence-electron chi connectivity index (χ0n) is 8.53. The van der Waals surface area contributed by atoms with Crippen LogP contribution in [0.1, 0.15) is 5.56 Å². The molecule has 11 heteroatoms. The van der Waals surface area contributed by atoms with Crippen LogP contribution in [0.2, 0.25) is 10.0 Å². The van der Waals surface area contributed by atoms with Gasteiger partial charge >= 0.3 is 16.5 Å². The molecule has 0 spiro atoms. The highest BCUT2D eigenvalue weighted by Gasteiger charge is 2.31. The molecule has 1 rings (SSSR count). The summed E-state index contributed by atoms with van der Waals surface area (Å²) in [6.45, 7) is -0.139. The van der Waals surface area contributed by atoms with Crippen LogP contribution in [0.5, 0.6) is 5.75 Å². The lowest BCUT2D eigenvalue weighted by molar-refractivity contribution is 0.281. The summed E-state index contributed by atoms with van der Waals surface area (Å²) in [5.74, 6) is -0.148. The van der Waals surface area contributed by atoms with Crippen molar-refractivity contribution in [3.63, 3.8) is 0 Å². The Balaban J connectivity index is 0.000000360. The second-order valence-corrected chi connectivity index (χ2v) is 5.04. The predicted molar refractivity (Wildman–Crippen MR) is 64.8 cm³/mol. The Kier molecular flexibility index (Phi) is 8.52. The second kappa shape index (κ2) is 8.69. The third-order valence-electron chi connectivity index (χ3n) is 1.40. The summed E-state index contributed by atoms with van der Waals surface area (Å²) in [5, 5.41) is 18.1. The maximum absolute atomic E-state index is 9.39. The zero-order chi connectivity index (χ0) is 14.3. The van der Waals surface area contributed by atoms with Gasteiger partial charge in [0.05, 0.1) is 16.7 Å². The Morgan fingerprint density at radius 3 is 1.72 bits per heavy atom. The highest BCUT2D eigenvalue weighted by atomic mass is 35.5. The van der Waals surface area contributed by atoms with E-state index in [1.165, 1.54) is 12.1 Å². The summed E-state index contributed by atoms with van der Waals surface area (Å²) in [6, 6.07) is 2.92. The Morgan fingerprint density at radius 2 is 1.50 bits per heavy atom. The van der Waals surface area contributed by atoms with Crippen molar-refractivity contribution in [2.24, 2.45) is 0 Å². The SMILES string of the molecule is O=[P+](O)O[P+](=O)O.OCc1cc(Cl)c(O)c(Cl)c1. The first-order chi connectivity index (χ1) is 8.27. The fourth-order valence-corrected chi connectivity index (χ4v) is 1.78. The molecule has 2 atom stereocenters. The number of halogens is 2. The van der Waals surface area contributed by atoms with Crippen molar-refractivity contribution in [2.45, 2.75) is 6.61 Å². The maximum atomic E-state index is 9.39. The lowest BCUT2D eigenvalue weighted by Gasteiger charge is -2.01. The number of rotatable bonds is 3. The highest BCUT2D eigenvalue weighted by molar-refractivity contribution is 7.46. The van der Waals surface area contributed by atoms with Crippen LogP contribution < -0.4 is 0 Å². The fraction of sp³-hybridized carbons (Fsp3) is 0.143. The van der Waals surface area contributed by atoms with E-state index in [1.54, 1.807) is 0 Å². The van der Waals surface area contributed by atoms with Gasteiger partial charge in [-0.25, -0.2) is 0 Å². The number of benzene rings is 1. The molecule has 0 radical (unpaired) electrons. The highest BCUT2D eigenvalue weighted by Crippen LogP contribution is 2.32. The van der Waals surface area contributed by atoms with E-state index in [1.807, 2.05) is 0 Å². The minimum absolute atomic E-state index is 0.139. The van der Waals surface area contributed by atoms with E-state index in [0.717, 1.165) is 0 Å². The lowest BCUT2D eigenvalue weighted by atomic mass is 10.2. The molecule has 0 amide bonds. The fourth-order valence-electron chi connectivity index (χ4n) is 0.769. The largest absolute Gasteiger partial charge is 0.745 e. The molecule has 18 heavy (non-hydrogen) atoms. The van der Waals surface area contributed by atoms with E-state index in [2.05, 4.69) is 4.31 Å². The molecule has 2 unspecified atom stereocenters. The molecule has 0 fully saturated rings. The van der Waals surface area contributed by atoms with Gasteiger partial charge in [0.2, 0.25) is 0 Å². The summed E-state index contributed by atoms with van der Waals surface area (Å²) < 4.78 is 22.2. The molecule has 0 aliphatic rings. The molecule has 0 aliphatic carbocycles. The van der Waals surface area contributed by atoms with Crippen LogP contribution in [0.15, 0.2) is 12.1 Å². The van der Waals surface area contributed by atoms with Gasteiger partial charge in [0.15, 0.2) is 10.1 Å². The molecule has 1 aromatic carbocycles. The van der Waals surface area contributed by atoms with Crippen molar-refractivity contribution in [3.05, 3.63) is 27.7 Å². The van der Waals surface area contributed by atoms with Gasteiger partial charge in [0.1, 0.15) is 0 Å².